The van der Waals surface area contributed by atoms with Crippen LogP contribution in [0.3, 0.4) is 0 Å². The average Bonchev–Trinajstić information content (AvgIpc) is 3.14. The zero-order valence-electron chi connectivity index (χ0n) is 11.7. The number of benzene rings is 1. The van der Waals surface area contributed by atoms with Crippen molar-refractivity contribution in [1.82, 2.24) is 10.2 Å². The van der Waals surface area contributed by atoms with Crippen LogP contribution in [0.25, 0.3) is 0 Å². The summed E-state index contributed by atoms with van der Waals surface area (Å²) in [7, 11) is 0. The van der Waals surface area contributed by atoms with E-state index >= 15 is 0 Å². The van der Waals surface area contributed by atoms with E-state index in [-0.39, 0.29) is 27.6 Å². The normalized spacial score (nSPS) is 21.0. The van der Waals surface area contributed by atoms with E-state index in [9.17, 15) is 14.0 Å². The van der Waals surface area contributed by atoms with Crippen LogP contribution in [-0.4, -0.2) is 35.3 Å². The molecule has 2 fully saturated rings. The molecule has 2 aliphatic rings. The summed E-state index contributed by atoms with van der Waals surface area (Å²) in [5.74, 6) is -1.28. The van der Waals surface area contributed by atoms with Gasteiger partial charge in [0.25, 0.3) is 5.91 Å². The quantitative estimate of drug-likeness (QED) is 0.857. The van der Waals surface area contributed by atoms with E-state index in [1.807, 2.05) is 0 Å². The molecule has 1 aliphatic heterocycles. The molecule has 1 aromatic carbocycles. The number of nitrogens with one attached hydrogen (secondary N) is 1. The van der Waals surface area contributed by atoms with Gasteiger partial charge in [-0.15, -0.1) is 0 Å². The Morgan fingerprint density at radius 1 is 1.18 bits per heavy atom. The van der Waals surface area contributed by atoms with E-state index in [0.29, 0.717) is 13.0 Å². The predicted octanol–water partition coefficient (Wildman–Crippen LogP) is 3.02. The molecular formula is C15H15Cl2FN2O2. The van der Waals surface area contributed by atoms with Crippen LogP contribution in [0.4, 0.5) is 4.39 Å². The Balaban J connectivity index is 1.81. The monoisotopic (exact) mass is 344 g/mol. The van der Waals surface area contributed by atoms with E-state index in [4.69, 9.17) is 23.2 Å². The largest absolute Gasteiger partial charge is 0.352 e. The Kier molecular flexibility index (Phi) is 4.28. The smallest absolute Gasteiger partial charge is 0.256 e. The molecule has 0 bridgehead atoms. The minimum atomic E-state index is -0.701. The Hall–Kier alpha value is -1.33. The van der Waals surface area contributed by atoms with Gasteiger partial charge in [-0.3, -0.25) is 9.59 Å². The topological polar surface area (TPSA) is 49.4 Å². The zero-order chi connectivity index (χ0) is 15.9. The summed E-state index contributed by atoms with van der Waals surface area (Å²) >= 11 is 11.6. The molecule has 7 heteroatoms. The molecule has 1 heterocycles. The van der Waals surface area contributed by atoms with Gasteiger partial charge in [-0.25, -0.2) is 4.39 Å². The second-order valence-corrected chi connectivity index (χ2v) is 6.50. The lowest BCUT2D eigenvalue weighted by molar-refractivity contribution is -0.125. The SMILES string of the molecule is O=C(NC1CC1)[C@H]1CCCN1C(=O)c1cc(F)c(Cl)cc1Cl. The van der Waals surface area contributed by atoms with Crippen LogP contribution in [0.2, 0.25) is 10.0 Å². The molecule has 1 atom stereocenters. The van der Waals surface area contributed by atoms with Gasteiger partial charge < -0.3 is 10.2 Å². The molecule has 1 aromatic rings. The minimum Gasteiger partial charge on any atom is -0.352 e. The van der Waals surface area contributed by atoms with Gasteiger partial charge in [-0.1, -0.05) is 23.2 Å². The van der Waals surface area contributed by atoms with Crippen LogP contribution < -0.4 is 5.32 Å². The highest BCUT2D eigenvalue weighted by Crippen LogP contribution is 2.28. The first-order chi connectivity index (χ1) is 10.5. The fourth-order valence-corrected chi connectivity index (χ4v) is 3.11. The third-order valence-corrected chi connectivity index (χ3v) is 4.58. The Morgan fingerprint density at radius 2 is 1.91 bits per heavy atom. The summed E-state index contributed by atoms with van der Waals surface area (Å²) in [5, 5.41) is 2.86. The van der Waals surface area contributed by atoms with E-state index < -0.39 is 17.8 Å². The van der Waals surface area contributed by atoms with Crippen molar-refractivity contribution in [2.75, 3.05) is 6.54 Å². The number of carbonyl (C=O) groups is 2. The summed E-state index contributed by atoms with van der Waals surface area (Å²) in [4.78, 5) is 26.3. The molecule has 1 N–H and O–H groups in total. The van der Waals surface area contributed by atoms with Crippen molar-refractivity contribution in [2.45, 2.75) is 37.8 Å². The van der Waals surface area contributed by atoms with Crippen molar-refractivity contribution in [3.63, 3.8) is 0 Å². The molecule has 1 aliphatic carbocycles. The average molecular weight is 345 g/mol. The lowest BCUT2D eigenvalue weighted by atomic mass is 10.1. The summed E-state index contributed by atoms with van der Waals surface area (Å²) in [6.45, 7) is 0.460. The van der Waals surface area contributed by atoms with Gasteiger partial charge in [0.2, 0.25) is 5.91 Å². The number of carbonyl (C=O) groups excluding carboxylic acids is 2. The lowest BCUT2D eigenvalue weighted by Gasteiger charge is -2.24. The molecule has 4 nitrogen and oxygen atoms in total. The number of likely N-dealkylation sites (tertiary alicyclic amines) is 1. The molecule has 3 rings (SSSR count). The van der Waals surface area contributed by atoms with Gasteiger partial charge in [-0.05, 0) is 37.8 Å². The second kappa shape index (κ2) is 6.05. The number of nitrogens with zero attached hydrogens (tertiary/aromatic N) is 1. The van der Waals surface area contributed by atoms with Crippen LogP contribution in [0.5, 0.6) is 0 Å². The van der Waals surface area contributed by atoms with Crippen molar-refractivity contribution < 1.29 is 14.0 Å². The third kappa shape index (κ3) is 3.06. The first-order valence-electron chi connectivity index (χ1n) is 7.23. The van der Waals surface area contributed by atoms with Crippen LogP contribution >= 0.6 is 23.2 Å². The van der Waals surface area contributed by atoms with E-state index in [1.165, 1.54) is 11.0 Å². The maximum absolute atomic E-state index is 13.6. The summed E-state index contributed by atoms with van der Waals surface area (Å²) < 4.78 is 13.6. The predicted molar refractivity (Wildman–Crippen MR) is 81.6 cm³/mol. The van der Waals surface area contributed by atoms with E-state index in [0.717, 1.165) is 25.3 Å². The van der Waals surface area contributed by atoms with Crippen molar-refractivity contribution >= 4 is 35.0 Å². The Bertz CT molecular complexity index is 634. The van der Waals surface area contributed by atoms with E-state index in [1.54, 1.807) is 0 Å². The molecule has 0 unspecified atom stereocenters. The maximum atomic E-state index is 13.6. The first-order valence-corrected chi connectivity index (χ1v) is 7.99. The fraction of sp³-hybridized carbons (Fsp3) is 0.467. The van der Waals surface area contributed by atoms with Crippen molar-refractivity contribution in [2.24, 2.45) is 0 Å². The molecule has 1 saturated carbocycles. The molecule has 0 aromatic heterocycles. The second-order valence-electron chi connectivity index (χ2n) is 5.69. The van der Waals surface area contributed by atoms with Crippen LogP contribution in [0.15, 0.2) is 12.1 Å². The summed E-state index contributed by atoms with van der Waals surface area (Å²) in [6, 6.07) is 1.96. The van der Waals surface area contributed by atoms with Gasteiger partial charge >= 0.3 is 0 Å². The number of amides is 2. The number of hydrogen-bond donors (Lipinski definition) is 1. The molecular weight excluding hydrogens is 330 g/mol. The minimum absolute atomic E-state index is 0.0367. The van der Waals surface area contributed by atoms with Gasteiger partial charge in [0.05, 0.1) is 15.6 Å². The highest BCUT2D eigenvalue weighted by Gasteiger charge is 2.37. The van der Waals surface area contributed by atoms with E-state index in [2.05, 4.69) is 5.32 Å². The van der Waals surface area contributed by atoms with Crippen LogP contribution in [0, 0.1) is 5.82 Å². The first kappa shape index (κ1) is 15.6. The third-order valence-electron chi connectivity index (χ3n) is 3.98. The number of halogens is 3. The van der Waals surface area contributed by atoms with Crippen molar-refractivity contribution in [3.8, 4) is 0 Å². The molecule has 0 radical (unpaired) electrons. The fourth-order valence-electron chi connectivity index (χ4n) is 2.65. The van der Waals surface area contributed by atoms with Gasteiger partial charge in [0, 0.05) is 12.6 Å². The molecule has 0 spiro atoms. The Labute approximate surface area is 137 Å². The van der Waals surface area contributed by atoms with Crippen molar-refractivity contribution in [1.29, 1.82) is 0 Å². The van der Waals surface area contributed by atoms with Gasteiger partial charge in [0.1, 0.15) is 11.9 Å². The highest BCUT2D eigenvalue weighted by molar-refractivity contribution is 6.36. The van der Waals surface area contributed by atoms with Crippen LogP contribution in [0.1, 0.15) is 36.0 Å². The molecule has 118 valence electrons. The number of rotatable bonds is 3. The van der Waals surface area contributed by atoms with Crippen molar-refractivity contribution in [3.05, 3.63) is 33.6 Å². The van der Waals surface area contributed by atoms with Gasteiger partial charge in [0.15, 0.2) is 0 Å². The zero-order valence-corrected chi connectivity index (χ0v) is 13.3. The maximum Gasteiger partial charge on any atom is 0.256 e. The molecule has 22 heavy (non-hydrogen) atoms. The van der Waals surface area contributed by atoms with Crippen LogP contribution in [-0.2, 0) is 4.79 Å². The summed E-state index contributed by atoms with van der Waals surface area (Å²) in [6.07, 6.45) is 3.32. The molecule has 2 amide bonds. The highest BCUT2D eigenvalue weighted by atomic mass is 35.5. The summed E-state index contributed by atoms with van der Waals surface area (Å²) in [5.41, 5.74) is 0.0367. The number of hydrogen-bond acceptors (Lipinski definition) is 2. The Morgan fingerprint density at radius 3 is 2.59 bits per heavy atom. The standard InChI is InChI=1S/C15H15Cl2FN2O2/c16-10-7-11(17)12(18)6-9(10)15(22)20-5-1-2-13(20)14(21)19-8-3-4-8/h6-8,13H,1-5H2,(H,19,21)/t13-/m1/s1. The lowest BCUT2D eigenvalue weighted by Crippen LogP contribution is -2.46. The van der Waals surface area contributed by atoms with Gasteiger partial charge in [-0.2, -0.15) is 0 Å². The molecule has 1 saturated heterocycles.